The number of nitrogens with one attached hydrogen (secondary N) is 2. The zero-order chi connectivity index (χ0) is 21.6. The summed E-state index contributed by atoms with van der Waals surface area (Å²) in [6.07, 6.45) is 1.36. The Morgan fingerprint density at radius 1 is 0.900 bits per heavy atom. The van der Waals surface area contributed by atoms with Crippen LogP contribution in [0.3, 0.4) is 0 Å². The van der Waals surface area contributed by atoms with Crippen molar-refractivity contribution >= 4 is 21.7 Å². The number of furan rings is 1. The predicted molar refractivity (Wildman–Crippen MR) is 111 cm³/mol. The smallest absolute Gasteiger partial charge is 0.309 e. The molecule has 0 radical (unpaired) electrons. The molecule has 1 heterocycles. The fourth-order valence-corrected chi connectivity index (χ4v) is 4.44. The van der Waals surface area contributed by atoms with E-state index >= 15 is 0 Å². The van der Waals surface area contributed by atoms with Crippen molar-refractivity contribution in [2.75, 3.05) is 6.54 Å². The van der Waals surface area contributed by atoms with E-state index in [2.05, 4.69) is 10.6 Å². The van der Waals surface area contributed by atoms with Crippen LogP contribution < -0.4 is 10.6 Å². The van der Waals surface area contributed by atoms with Crippen molar-refractivity contribution in [1.29, 1.82) is 0 Å². The largest absolute Gasteiger partial charge is 0.468 e. The lowest BCUT2D eigenvalue weighted by molar-refractivity contribution is -0.139. The maximum atomic E-state index is 13.1. The molecule has 3 aromatic rings. The summed E-state index contributed by atoms with van der Waals surface area (Å²) in [6.45, 7) is 1.74. The standard InChI is InChI=1S/C22H22N2O5S/c1-16-9-11-18(12-10-16)30(27,28)20(19-8-5-13-29-19)15-24-22(26)21(25)23-14-17-6-3-2-4-7-17/h2-13,20H,14-15H2,1H3,(H,23,25)(H,24,26)/t20-/m0/s1. The number of hydrogen-bond donors (Lipinski definition) is 2. The van der Waals surface area contributed by atoms with E-state index in [1.165, 1.54) is 24.5 Å². The highest BCUT2D eigenvalue weighted by Gasteiger charge is 2.32. The van der Waals surface area contributed by atoms with E-state index in [9.17, 15) is 18.0 Å². The van der Waals surface area contributed by atoms with Crippen molar-refractivity contribution in [3.63, 3.8) is 0 Å². The van der Waals surface area contributed by atoms with Gasteiger partial charge in [-0.1, -0.05) is 48.0 Å². The number of carbonyl (C=O) groups is 2. The van der Waals surface area contributed by atoms with Crippen LogP contribution in [0.5, 0.6) is 0 Å². The van der Waals surface area contributed by atoms with Gasteiger partial charge in [0.1, 0.15) is 11.0 Å². The van der Waals surface area contributed by atoms with Gasteiger partial charge in [-0.2, -0.15) is 0 Å². The second kappa shape index (κ2) is 9.41. The number of rotatable bonds is 7. The molecule has 156 valence electrons. The molecule has 8 heteroatoms. The molecule has 0 aliphatic heterocycles. The van der Waals surface area contributed by atoms with Crippen LogP contribution in [0, 0.1) is 6.92 Å². The Labute approximate surface area is 175 Å². The van der Waals surface area contributed by atoms with Crippen molar-refractivity contribution in [3.8, 4) is 0 Å². The lowest BCUT2D eigenvalue weighted by Crippen LogP contribution is -2.42. The van der Waals surface area contributed by atoms with Crippen LogP contribution in [0.1, 0.15) is 22.1 Å². The molecule has 2 aromatic carbocycles. The summed E-state index contributed by atoms with van der Waals surface area (Å²) in [6, 6.07) is 18.6. The first-order valence-electron chi connectivity index (χ1n) is 9.32. The van der Waals surface area contributed by atoms with E-state index < -0.39 is 26.9 Å². The Kier molecular flexibility index (Phi) is 6.68. The maximum absolute atomic E-state index is 13.1. The minimum atomic E-state index is -3.86. The van der Waals surface area contributed by atoms with Crippen molar-refractivity contribution in [2.24, 2.45) is 0 Å². The van der Waals surface area contributed by atoms with Crippen LogP contribution in [-0.2, 0) is 26.0 Å². The lowest BCUT2D eigenvalue weighted by atomic mass is 10.2. The summed E-state index contributed by atoms with van der Waals surface area (Å²) < 4.78 is 31.5. The van der Waals surface area contributed by atoms with Gasteiger partial charge >= 0.3 is 11.8 Å². The molecule has 0 spiro atoms. The third kappa shape index (κ3) is 5.15. The molecular weight excluding hydrogens is 404 g/mol. The highest BCUT2D eigenvalue weighted by Crippen LogP contribution is 2.29. The first-order valence-corrected chi connectivity index (χ1v) is 10.9. The molecule has 7 nitrogen and oxygen atoms in total. The van der Waals surface area contributed by atoms with E-state index in [-0.39, 0.29) is 23.7 Å². The van der Waals surface area contributed by atoms with Crippen LogP contribution in [0.15, 0.2) is 82.3 Å². The minimum absolute atomic E-state index is 0.109. The van der Waals surface area contributed by atoms with Gasteiger partial charge in [0.25, 0.3) is 0 Å². The van der Waals surface area contributed by atoms with Crippen LogP contribution in [-0.4, -0.2) is 26.8 Å². The van der Waals surface area contributed by atoms with E-state index in [4.69, 9.17) is 4.42 Å². The predicted octanol–water partition coefficient (Wildman–Crippen LogP) is 2.54. The number of sulfone groups is 1. The molecule has 0 bridgehead atoms. The normalized spacial score (nSPS) is 12.2. The Bertz CT molecular complexity index is 1090. The van der Waals surface area contributed by atoms with Gasteiger partial charge in [-0.25, -0.2) is 8.42 Å². The SMILES string of the molecule is Cc1ccc(S(=O)(=O)[C@@H](CNC(=O)C(=O)NCc2ccccc2)c2ccco2)cc1. The van der Waals surface area contributed by atoms with Gasteiger partial charge in [0, 0.05) is 13.1 Å². The first kappa shape index (κ1) is 21.3. The van der Waals surface area contributed by atoms with Crippen LogP contribution in [0.2, 0.25) is 0 Å². The number of aryl methyl sites for hydroxylation is 1. The van der Waals surface area contributed by atoms with Crippen molar-refractivity contribution < 1.29 is 22.4 Å². The summed E-state index contributed by atoms with van der Waals surface area (Å²) >= 11 is 0. The molecule has 30 heavy (non-hydrogen) atoms. The summed E-state index contributed by atoms with van der Waals surface area (Å²) in [4.78, 5) is 24.4. The van der Waals surface area contributed by atoms with Crippen molar-refractivity contribution in [3.05, 3.63) is 89.9 Å². The Hall–Kier alpha value is -3.39. The monoisotopic (exact) mass is 426 g/mol. The summed E-state index contributed by atoms with van der Waals surface area (Å²) in [5, 5.41) is 3.75. The summed E-state index contributed by atoms with van der Waals surface area (Å²) in [5.74, 6) is -1.58. The molecule has 0 unspecified atom stereocenters. The zero-order valence-electron chi connectivity index (χ0n) is 16.4. The number of carbonyl (C=O) groups excluding carboxylic acids is 2. The second-order valence-corrected chi connectivity index (χ2v) is 8.87. The Morgan fingerprint density at radius 2 is 1.57 bits per heavy atom. The van der Waals surface area contributed by atoms with Gasteiger partial charge in [0.05, 0.1) is 11.2 Å². The molecule has 2 amide bonds. The molecular formula is C22H22N2O5S. The first-order chi connectivity index (χ1) is 14.4. The van der Waals surface area contributed by atoms with Gasteiger partial charge in [0.15, 0.2) is 9.84 Å². The summed E-state index contributed by atoms with van der Waals surface area (Å²) in [7, 11) is -3.86. The molecule has 0 aliphatic carbocycles. The topological polar surface area (TPSA) is 105 Å². The van der Waals surface area contributed by atoms with Gasteiger partial charge in [-0.15, -0.1) is 0 Å². The third-order valence-corrected chi connectivity index (χ3v) is 6.61. The quantitative estimate of drug-likeness (QED) is 0.565. The molecule has 0 fully saturated rings. The Balaban J connectivity index is 1.69. The zero-order valence-corrected chi connectivity index (χ0v) is 17.2. The summed E-state index contributed by atoms with van der Waals surface area (Å²) in [5.41, 5.74) is 1.76. The number of benzene rings is 2. The average molecular weight is 426 g/mol. The highest BCUT2D eigenvalue weighted by atomic mass is 32.2. The third-order valence-electron chi connectivity index (χ3n) is 4.53. The molecule has 2 N–H and O–H groups in total. The molecule has 0 saturated carbocycles. The average Bonchev–Trinajstić information content (AvgIpc) is 3.27. The Morgan fingerprint density at radius 3 is 2.20 bits per heavy atom. The molecule has 3 rings (SSSR count). The van der Waals surface area contributed by atoms with Crippen molar-refractivity contribution in [1.82, 2.24) is 10.6 Å². The van der Waals surface area contributed by atoms with Gasteiger partial charge in [-0.3, -0.25) is 9.59 Å². The van der Waals surface area contributed by atoms with Gasteiger partial charge < -0.3 is 15.1 Å². The van der Waals surface area contributed by atoms with E-state index in [1.54, 1.807) is 18.2 Å². The second-order valence-electron chi connectivity index (χ2n) is 6.74. The molecule has 0 aliphatic rings. The van der Waals surface area contributed by atoms with E-state index in [0.29, 0.717) is 0 Å². The van der Waals surface area contributed by atoms with Crippen molar-refractivity contribution in [2.45, 2.75) is 23.6 Å². The number of hydrogen-bond acceptors (Lipinski definition) is 5. The molecule has 1 aromatic heterocycles. The van der Waals surface area contributed by atoms with Gasteiger partial charge in [0.2, 0.25) is 0 Å². The van der Waals surface area contributed by atoms with E-state index in [1.807, 2.05) is 37.3 Å². The van der Waals surface area contributed by atoms with Gasteiger partial charge in [-0.05, 0) is 36.8 Å². The van der Waals surface area contributed by atoms with Crippen LogP contribution in [0.25, 0.3) is 0 Å². The number of amides is 2. The fourth-order valence-electron chi connectivity index (χ4n) is 2.85. The fraction of sp³-hybridized carbons (Fsp3) is 0.182. The maximum Gasteiger partial charge on any atom is 0.309 e. The van der Waals surface area contributed by atoms with Crippen LogP contribution in [0.4, 0.5) is 0 Å². The molecule has 1 atom stereocenters. The lowest BCUT2D eigenvalue weighted by Gasteiger charge is -2.17. The van der Waals surface area contributed by atoms with Crippen LogP contribution >= 0.6 is 0 Å². The highest BCUT2D eigenvalue weighted by molar-refractivity contribution is 7.91. The minimum Gasteiger partial charge on any atom is -0.468 e. The van der Waals surface area contributed by atoms with E-state index in [0.717, 1.165) is 11.1 Å². The molecule has 0 saturated heterocycles.